The summed E-state index contributed by atoms with van der Waals surface area (Å²) in [5, 5.41) is 1.29. The Morgan fingerprint density at radius 2 is 2.12 bits per heavy atom. The molecule has 16 heavy (non-hydrogen) atoms. The van der Waals surface area contributed by atoms with Crippen LogP contribution in [0.2, 0.25) is 10.0 Å². The van der Waals surface area contributed by atoms with Crippen LogP contribution in [0.1, 0.15) is 20.3 Å². The normalized spacial score (nSPS) is 12.5. The van der Waals surface area contributed by atoms with E-state index in [9.17, 15) is 4.79 Å². The number of hydrogen-bond acceptors (Lipinski definition) is 2. The van der Waals surface area contributed by atoms with Gasteiger partial charge in [-0.3, -0.25) is 4.79 Å². The van der Waals surface area contributed by atoms with Crippen molar-refractivity contribution in [2.45, 2.75) is 25.2 Å². The third-order valence-electron chi connectivity index (χ3n) is 2.43. The van der Waals surface area contributed by atoms with Crippen molar-refractivity contribution in [2.24, 2.45) is 5.92 Å². The fraction of sp³-hybridized carbons (Fsp3) is 0.417. The molecule has 0 N–H and O–H groups in total. The van der Waals surface area contributed by atoms with Crippen molar-refractivity contribution >= 4 is 40.7 Å². The van der Waals surface area contributed by atoms with E-state index in [-0.39, 0.29) is 11.7 Å². The highest BCUT2D eigenvalue weighted by molar-refractivity contribution is 8.00. The molecule has 88 valence electrons. The van der Waals surface area contributed by atoms with Crippen LogP contribution in [-0.4, -0.2) is 11.5 Å². The maximum atomic E-state index is 11.6. The molecule has 1 unspecified atom stereocenters. The van der Waals surface area contributed by atoms with Gasteiger partial charge in [-0.15, -0.1) is 11.8 Å². The predicted molar refractivity (Wildman–Crippen MR) is 71.6 cm³/mol. The number of halogens is 2. The average Bonchev–Trinajstić information content (AvgIpc) is 2.28. The second kappa shape index (κ2) is 6.53. The Morgan fingerprint density at radius 1 is 1.44 bits per heavy atom. The number of benzene rings is 1. The van der Waals surface area contributed by atoms with Crippen LogP contribution < -0.4 is 0 Å². The second-order valence-corrected chi connectivity index (χ2v) is 5.50. The van der Waals surface area contributed by atoms with E-state index >= 15 is 0 Å². The van der Waals surface area contributed by atoms with Gasteiger partial charge in [-0.25, -0.2) is 0 Å². The van der Waals surface area contributed by atoms with E-state index in [1.165, 1.54) is 11.8 Å². The van der Waals surface area contributed by atoms with E-state index in [2.05, 4.69) is 0 Å². The van der Waals surface area contributed by atoms with Crippen LogP contribution in [0.3, 0.4) is 0 Å². The van der Waals surface area contributed by atoms with E-state index in [0.29, 0.717) is 15.8 Å². The molecule has 1 rings (SSSR count). The van der Waals surface area contributed by atoms with Crippen molar-refractivity contribution in [3.63, 3.8) is 0 Å². The van der Waals surface area contributed by atoms with E-state index in [4.69, 9.17) is 23.2 Å². The summed E-state index contributed by atoms with van der Waals surface area (Å²) in [6.45, 7) is 3.96. The average molecular weight is 277 g/mol. The third-order valence-corrected chi connectivity index (χ3v) is 4.18. The first-order valence-corrected chi connectivity index (χ1v) is 6.89. The van der Waals surface area contributed by atoms with Crippen LogP contribution in [0, 0.1) is 5.92 Å². The van der Waals surface area contributed by atoms with Gasteiger partial charge in [-0.1, -0.05) is 37.0 Å². The number of rotatable bonds is 5. The SMILES string of the molecule is CCC(C)C(=O)CSc1cc(Cl)ccc1Cl. The fourth-order valence-corrected chi connectivity index (χ4v) is 2.62. The second-order valence-electron chi connectivity index (χ2n) is 3.64. The highest BCUT2D eigenvalue weighted by Gasteiger charge is 2.12. The minimum atomic E-state index is 0.116. The summed E-state index contributed by atoms with van der Waals surface area (Å²) >= 11 is 13.3. The largest absolute Gasteiger partial charge is 0.298 e. The van der Waals surface area contributed by atoms with Crippen molar-refractivity contribution in [1.82, 2.24) is 0 Å². The van der Waals surface area contributed by atoms with Gasteiger partial charge in [0.25, 0.3) is 0 Å². The minimum absolute atomic E-state index is 0.116. The molecule has 0 saturated carbocycles. The number of hydrogen-bond donors (Lipinski definition) is 0. The van der Waals surface area contributed by atoms with E-state index in [1.807, 2.05) is 13.8 Å². The molecule has 0 saturated heterocycles. The standard InChI is InChI=1S/C12H14Cl2OS/c1-3-8(2)11(15)7-16-12-6-9(13)4-5-10(12)14/h4-6,8H,3,7H2,1-2H3. The molecule has 0 heterocycles. The third kappa shape index (κ3) is 4.00. The summed E-state index contributed by atoms with van der Waals surface area (Å²) in [4.78, 5) is 12.5. The van der Waals surface area contributed by atoms with E-state index in [1.54, 1.807) is 18.2 Å². The van der Waals surface area contributed by atoms with Gasteiger partial charge in [0.1, 0.15) is 5.78 Å². The molecule has 0 bridgehead atoms. The molecular formula is C12H14Cl2OS. The molecule has 1 aromatic carbocycles. The van der Waals surface area contributed by atoms with Gasteiger partial charge in [-0.2, -0.15) is 0 Å². The summed E-state index contributed by atoms with van der Waals surface area (Å²) in [5.74, 6) is 0.823. The molecule has 0 fully saturated rings. The molecule has 0 spiro atoms. The fourth-order valence-electron chi connectivity index (χ4n) is 1.11. The van der Waals surface area contributed by atoms with E-state index in [0.717, 1.165) is 11.3 Å². The molecule has 0 radical (unpaired) electrons. The monoisotopic (exact) mass is 276 g/mol. The maximum absolute atomic E-state index is 11.6. The lowest BCUT2D eigenvalue weighted by molar-refractivity contribution is -0.119. The predicted octanol–water partition coefficient (Wildman–Crippen LogP) is 4.70. The van der Waals surface area contributed by atoms with Crippen molar-refractivity contribution in [1.29, 1.82) is 0 Å². The van der Waals surface area contributed by atoms with Gasteiger partial charge in [0.2, 0.25) is 0 Å². The Kier molecular flexibility index (Phi) is 5.67. The molecule has 1 atom stereocenters. The Labute approximate surface area is 111 Å². The smallest absolute Gasteiger partial charge is 0.145 e. The van der Waals surface area contributed by atoms with Crippen LogP contribution in [-0.2, 0) is 4.79 Å². The molecule has 0 aromatic heterocycles. The quantitative estimate of drug-likeness (QED) is 0.725. The molecule has 0 aliphatic rings. The maximum Gasteiger partial charge on any atom is 0.145 e. The molecule has 1 aromatic rings. The zero-order chi connectivity index (χ0) is 12.1. The first-order chi connectivity index (χ1) is 7.54. The Balaban J connectivity index is 2.61. The highest BCUT2D eigenvalue weighted by atomic mass is 35.5. The molecule has 0 amide bonds. The first kappa shape index (κ1) is 13.9. The van der Waals surface area contributed by atoms with Crippen LogP contribution in [0.25, 0.3) is 0 Å². The number of Topliss-reactive ketones (excluding diaryl/α,β-unsaturated/α-hetero) is 1. The molecule has 0 aliphatic carbocycles. The Hall–Kier alpha value is -0.180. The van der Waals surface area contributed by atoms with Crippen LogP contribution in [0.4, 0.5) is 0 Å². The van der Waals surface area contributed by atoms with Gasteiger partial charge in [0.05, 0.1) is 10.8 Å². The van der Waals surface area contributed by atoms with Gasteiger partial charge >= 0.3 is 0 Å². The van der Waals surface area contributed by atoms with Crippen LogP contribution >= 0.6 is 35.0 Å². The van der Waals surface area contributed by atoms with Crippen LogP contribution in [0.15, 0.2) is 23.1 Å². The van der Waals surface area contributed by atoms with Crippen LogP contribution in [0.5, 0.6) is 0 Å². The molecule has 4 heteroatoms. The topological polar surface area (TPSA) is 17.1 Å². The van der Waals surface area contributed by atoms with Gasteiger partial charge in [-0.05, 0) is 24.6 Å². The van der Waals surface area contributed by atoms with Crippen molar-refractivity contribution in [3.05, 3.63) is 28.2 Å². The summed E-state index contributed by atoms with van der Waals surface area (Å²) < 4.78 is 0. The molecule has 0 aliphatic heterocycles. The zero-order valence-electron chi connectivity index (χ0n) is 9.30. The Morgan fingerprint density at radius 3 is 2.75 bits per heavy atom. The summed E-state index contributed by atoms with van der Waals surface area (Å²) in [7, 11) is 0. The van der Waals surface area contributed by atoms with Crippen molar-refractivity contribution in [3.8, 4) is 0 Å². The van der Waals surface area contributed by atoms with Gasteiger partial charge < -0.3 is 0 Å². The lowest BCUT2D eigenvalue weighted by Crippen LogP contribution is -2.12. The van der Waals surface area contributed by atoms with Crippen molar-refractivity contribution in [2.75, 3.05) is 5.75 Å². The van der Waals surface area contributed by atoms with Gasteiger partial charge in [0.15, 0.2) is 0 Å². The number of carbonyl (C=O) groups excluding carboxylic acids is 1. The number of ketones is 1. The summed E-state index contributed by atoms with van der Waals surface area (Å²) in [6, 6.07) is 5.28. The summed E-state index contributed by atoms with van der Waals surface area (Å²) in [6.07, 6.45) is 0.878. The number of thioether (sulfide) groups is 1. The van der Waals surface area contributed by atoms with Gasteiger partial charge in [0, 0.05) is 15.8 Å². The zero-order valence-corrected chi connectivity index (χ0v) is 11.6. The first-order valence-electron chi connectivity index (χ1n) is 5.15. The lowest BCUT2D eigenvalue weighted by Gasteiger charge is -2.08. The molecule has 1 nitrogen and oxygen atoms in total. The lowest BCUT2D eigenvalue weighted by atomic mass is 10.1. The Bertz CT molecular complexity index is 379. The molecular weight excluding hydrogens is 263 g/mol. The van der Waals surface area contributed by atoms with Crippen molar-refractivity contribution < 1.29 is 4.79 Å². The van der Waals surface area contributed by atoms with E-state index < -0.39 is 0 Å². The highest BCUT2D eigenvalue weighted by Crippen LogP contribution is 2.30. The minimum Gasteiger partial charge on any atom is -0.298 e. The summed E-state index contributed by atoms with van der Waals surface area (Å²) in [5.41, 5.74) is 0. The number of carbonyl (C=O) groups is 1.